The Hall–Kier alpha value is -0.860. The van der Waals surface area contributed by atoms with Gasteiger partial charge in [0.25, 0.3) is 0 Å². The van der Waals surface area contributed by atoms with E-state index in [2.05, 4.69) is 50.4 Å². The Morgan fingerprint density at radius 1 is 1.28 bits per heavy atom. The zero-order valence-corrected chi connectivity index (χ0v) is 11.8. The van der Waals surface area contributed by atoms with Crippen molar-refractivity contribution in [1.82, 2.24) is 5.32 Å². The molecule has 18 heavy (non-hydrogen) atoms. The molecule has 100 valence electrons. The zero-order valence-electron chi connectivity index (χ0n) is 11.8. The van der Waals surface area contributed by atoms with Gasteiger partial charge in [-0.15, -0.1) is 0 Å². The molecule has 0 spiro atoms. The van der Waals surface area contributed by atoms with Crippen LogP contribution in [0.25, 0.3) is 0 Å². The molecule has 3 unspecified atom stereocenters. The molecule has 1 aliphatic heterocycles. The fraction of sp³-hybridized carbons (Fsp3) is 0.625. The lowest BCUT2D eigenvalue weighted by Gasteiger charge is -2.20. The van der Waals surface area contributed by atoms with E-state index >= 15 is 0 Å². The van der Waals surface area contributed by atoms with Crippen LogP contribution in [0.1, 0.15) is 50.3 Å². The van der Waals surface area contributed by atoms with Crippen LogP contribution in [0.4, 0.5) is 0 Å². The van der Waals surface area contributed by atoms with E-state index in [0.717, 1.165) is 13.0 Å². The van der Waals surface area contributed by atoms with Crippen LogP contribution in [-0.2, 0) is 4.74 Å². The second-order valence-electron chi connectivity index (χ2n) is 5.43. The number of benzene rings is 1. The summed E-state index contributed by atoms with van der Waals surface area (Å²) in [5.41, 5.74) is 2.70. The monoisotopic (exact) mass is 247 g/mol. The number of rotatable bonds is 5. The van der Waals surface area contributed by atoms with E-state index in [1.54, 1.807) is 0 Å². The largest absolute Gasteiger partial charge is 0.374 e. The molecule has 0 aromatic heterocycles. The molecule has 2 heteroatoms. The summed E-state index contributed by atoms with van der Waals surface area (Å²) in [4.78, 5) is 0. The highest BCUT2D eigenvalue weighted by Crippen LogP contribution is 2.21. The molecule has 1 aliphatic rings. The Labute approximate surface area is 111 Å². The van der Waals surface area contributed by atoms with Gasteiger partial charge in [0.1, 0.15) is 0 Å². The maximum Gasteiger partial charge on any atom is 0.0704 e. The molecule has 2 rings (SSSR count). The van der Waals surface area contributed by atoms with Gasteiger partial charge in [-0.3, -0.25) is 0 Å². The fourth-order valence-electron chi connectivity index (χ4n) is 2.61. The second-order valence-corrected chi connectivity index (χ2v) is 5.43. The molecule has 0 amide bonds. The Bertz CT molecular complexity index is 360. The number of aryl methyl sites for hydroxylation is 1. The van der Waals surface area contributed by atoms with Crippen molar-refractivity contribution >= 4 is 0 Å². The van der Waals surface area contributed by atoms with Crippen molar-refractivity contribution in [1.29, 1.82) is 0 Å². The van der Waals surface area contributed by atoms with Crippen LogP contribution < -0.4 is 5.32 Å². The lowest BCUT2D eigenvalue weighted by atomic mass is 10.0. The summed E-state index contributed by atoms with van der Waals surface area (Å²) in [5, 5.41) is 3.64. The van der Waals surface area contributed by atoms with Crippen molar-refractivity contribution in [3.63, 3.8) is 0 Å². The normalized spacial score (nSPS) is 25.3. The zero-order chi connectivity index (χ0) is 13.0. The molecule has 1 fully saturated rings. The predicted molar refractivity (Wildman–Crippen MR) is 75.8 cm³/mol. The first-order chi connectivity index (χ1) is 8.69. The van der Waals surface area contributed by atoms with Crippen molar-refractivity contribution in [3.05, 3.63) is 35.4 Å². The highest BCUT2D eigenvalue weighted by Gasteiger charge is 2.22. The first-order valence-corrected chi connectivity index (χ1v) is 7.14. The van der Waals surface area contributed by atoms with Crippen LogP contribution in [0.2, 0.25) is 0 Å². The topological polar surface area (TPSA) is 21.3 Å². The summed E-state index contributed by atoms with van der Waals surface area (Å²) in [6.45, 7) is 7.50. The summed E-state index contributed by atoms with van der Waals surface area (Å²) in [6, 6.07) is 9.29. The average molecular weight is 247 g/mol. The van der Waals surface area contributed by atoms with Gasteiger partial charge in [-0.25, -0.2) is 0 Å². The van der Waals surface area contributed by atoms with E-state index in [1.807, 2.05) is 0 Å². The third kappa shape index (κ3) is 3.56. The summed E-state index contributed by atoms with van der Waals surface area (Å²) < 4.78 is 5.85. The molecule has 0 bridgehead atoms. The molecule has 0 saturated carbocycles. The van der Waals surface area contributed by atoms with Crippen molar-refractivity contribution in [2.75, 3.05) is 6.54 Å². The van der Waals surface area contributed by atoms with Gasteiger partial charge in [0.15, 0.2) is 0 Å². The standard InChI is InChI=1S/C16H25NO/c1-4-16(14-8-5-12(2)6-9-14)17-11-15-10-7-13(3)18-15/h5-6,8-9,13,15-17H,4,7,10-11H2,1-3H3. The number of hydrogen-bond acceptors (Lipinski definition) is 2. The minimum atomic E-state index is 0.402. The van der Waals surface area contributed by atoms with Crippen LogP contribution in [0.3, 0.4) is 0 Å². The summed E-state index contributed by atoms with van der Waals surface area (Å²) in [6.07, 6.45) is 4.35. The first kappa shape index (κ1) is 13.6. The molecule has 3 atom stereocenters. The summed E-state index contributed by atoms with van der Waals surface area (Å²) >= 11 is 0. The van der Waals surface area contributed by atoms with Gasteiger partial charge in [0.05, 0.1) is 12.2 Å². The average Bonchev–Trinajstić information content (AvgIpc) is 2.78. The van der Waals surface area contributed by atoms with E-state index < -0.39 is 0 Å². The van der Waals surface area contributed by atoms with Gasteiger partial charge in [0, 0.05) is 12.6 Å². The van der Waals surface area contributed by atoms with E-state index in [-0.39, 0.29) is 0 Å². The smallest absolute Gasteiger partial charge is 0.0704 e. The Morgan fingerprint density at radius 2 is 2.00 bits per heavy atom. The van der Waals surface area contributed by atoms with Gasteiger partial charge < -0.3 is 10.1 Å². The number of nitrogens with one attached hydrogen (secondary N) is 1. The van der Waals surface area contributed by atoms with Gasteiger partial charge >= 0.3 is 0 Å². The van der Waals surface area contributed by atoms with Crippen molar-refractivity contribution in [2.45, 2.75) is 58.3 Å². The van der Waals surface area contributed by atoms with Crippen LogP contribution in [0, 0.1) is 6.92 Å². The van der Waals surface area contributed by atoms with Gasteiger partial charge in [-0.1, -0.05) is 36.8 Å². The lowest BCUT2D eigenvalue weighted by molar-refractivity contribution is 0.0542. The second kappa shape index (κ2) is 6.35. The molecule has 1 heterocycles. The third-order valence-electron chi connectivity index (χ3n) is 3.80. The minimum absolute atomic E-state index is 0.402. The van der Waals surface area contributed by atoms with Gasteiger partial charge in [0.2, 0.25) is 0 Å². The molecule has 1 N–H and O–H groups in total. The Morgan fingerprint density at radius 3 is 2.56 bits per heavy atom. The number of ether oxygens (including phenoxy) is 1. The molecule has 1 aromatic rings. The molecule has 1 aromatic carbocycles. The summed E-state index contributed by atoms with van der Waals surface area (Å²) in [7, 11) is 0. The first-order valence-electron chi connectivity index (χ1n) is 7.14. The Kier molecular flexibility index (Phi) is 4.79. The quantitative estimate of drug-likeness (QED) is 0.858. The molecule has 0 radical (unpaired) electrons. The SMILES string of the molecule is CCC(NCC1CCC(C)O1)c1ccc(C)cc1. The number of hydrogen-bond donors (Lipinski definition) is 1. The van der Waals surface area contributed by atoms with E-state index in [4.69, 9.17) is 4.74 Å². The highest BCUT2D eigenvalue weighted by molar-refractivity contribution is 5.24. The molecular formula is C16H25NO. The molecule has 1 saturated heterocycles. The highest BCUT2D eigenvalue weighted by atomic mass is 16.5. The van der Waals surface area contributed by atoms with Gasteiger partial charge in [-0.2, -0.15) is 0 Å². The van der Waals surface area contributed by atoms with Gasteiger partial charge in [-0.05, 0) is 38.7 Å². The van der Waals surface area contributed by atoms with E-state index in [9.17, 15) is 0 Å². The van der Waals surface area contributed by atoms with Crippen molar-refractivity contribution in [3.8, 4) is 0 Å². The predicted octanol–water partition coefficient (Wildman–Crippen LogP) is 3.60. The molecule has 0 aliphatic carbocycles. The minimum Gasteiger partial charge on any atom is -0.374 e. The van der Waals surface area contributed by atoms with E-state index in [0.29, 0.717) is 18.2 Å². The summed E-state index contributed by atoms with van der Waals surface area (Å²) in [5.74, 6) is 0. The molecule has 2 nitrogen and oxygen atoms in total. The van der Waals surface area contributed by atoms with Crippen molar-refractivity contribution in [2.24, 2.45) is 0 Å². The van der Waals surface area contributed by atoms with Crippen LogP contribution in [0.15, 0.2) is 24.3 Å². The Balaban J connectivity index is 1.87. The maximum atomic E-state index is 5.85. The third-order valence-corrected chi connectivity index (χ3v) is 3.80. The van der Waals surface area contributed by atoms with Crippen molar-refractivity contribution < 1.29 is 4.74 Å². The fourth-order valence-corrected chi connectivity index (χ4v) is 2.61. The van der Waals surface area contributed by atoms with E-state index in [1.165, 1.54) is 24.0 Å². The molecular weight excluding hydrogens is 222 g/mol. The van der Waals surface area contributed by atoms with Crippen LogP contribution in [-0.4, -0.2) is 18.8 Å². The van der Waals surface area contributed by atoms with Crippen LogP contribution in [0.5, 0.6) is 0 Å². The maximum absolute atomic E-state index is 5.85. The van der Waals surface area contributed by atoms with Crippen LogP contribution >= 0.6 is 0 Å². The lowest BCUT2D eigenvalue weighted by Crippen LogP contribution is -2.30.